The minimum absolute atomic E-state index is 0.723. The summed E-state index contributed by atoms with van der Waals surface area (Å²) in [5.41, 5.74) is 9.65. The molecule has 3 aromatic rings. The fraction of sp³-hybridized carbons (Fsp3) is 0.133. The van der Waals surface area contributed by atoms with E-state index in [2.05, 4.69) is 4.98 Å². The quantitative estimate of drug-likeness (QED) is 0.713. The van der Waals surface area contributed by atoms with Gasteiger partial charge < -0.3 is 10.5 Å². The number of benzene rings is 1. The second-order valence-corrected chi connectivity index (χ2v) is 4.60. The summed E-state index contributed by atoms with van der Waals surface area (Å²) in [4.78, 5) is 4.23. The van der Waals surface area contributed by atoms with Gasteiger partial charge in [0, 0.05) is 24.1 Å². The van der Waals surface area contributed by atoms with Gasteiger partial charge in [-0.05, 0) is 37.1 Å². The van der Waals surface area contributed by atoms with Crippen LogP contribution in [0.3, 0.4) is 0 Å². The van der Waals surface area contributed by atoms with Crippen LogP contribution in [0.5, 0.6) is 11.6 Å². The highest BCUT2D eigenvalue weighted by Gasteiger charge is 2.07. The van der Waals surface area contributed by atoms with Crippen molar-refractivity contribution in [1.29, 1.82) is 0 Å². The summed E-state index contributed by atoms with van der Waals surface area (Å²) < 4.78 is 7.86. The van der Waals surface area contributed by atoms with Crippen LogP contribution >= 0.6 is 0 Å². The zero-order chi connectivity index (χ0) is 13.4. The molecule has 96 valence electrons. The molecule has 0 spiro atoms. The van der Waals surface area contributed by atoms with Crippen molar-refractivity contribution in [2.75, 3.05) is 5.73 Å². The standard InChI is InChI=1S/C15H15N3O/c1-10-8-11(2)13(9-12(10)16)19-15-5-3-4-14-17-6-7-18(14)15/h3-9H,16H2,1-2H3. The topological polar surface area (TPSA) is 52.5 Å². The fourth-order valence-corrected chi connectivity index (χ4v) is 2.08. The predicted octanol–water partition coefficient (Wildman–Crippen LogP) is 3.33. The molecule has 0 amide bonds. The van der Waals surface area contributed by atoms with Crippen LogP contribution in [0.1, 0.15) is 11.1 Å². The third-order valence-corrected chi connectivity index (χ3v) is 3.17. The first-order valence-electron chi connectivity index (χ1n) is 6.12. The van der Waals surface area contributed by atoms with Crippen molar-refractivity contribution in [3.63, 3.8) is 0 Å². The van der Waals surface area contributed by atoms with Crippen LogP contribution in [0, 0.1) is 13.8 Å². The Kier molecular flexibility index (Phi) is 2.63. The van der Waals surface area contributed by atoms with E-state index in [1.54, 1.807) is 6.20 Å². The second-order valence-electron chi connectivity index (χ2n) is 4.60. The third-order valence-electron chi connectivity index (χ3n) is 3.17. The van der Waals surface area contributed by atoms with Gasteiger partial charge in [0.25, 0.3) is 0 Å². The molecule has 2 N–H and O–H groups in total. The molecule has 1 aromatic carbocycles. The van der Waals surface area contributed by atoms with Gasteiger partial charge in [0.05, 0.1) is 0 Å². The maximum absolute atomic E-state index is 5.96. The molecule has 0 bridgehead atoms. The molecule has 0 unspecified atom stereocenters. The van der Waals surface area contributed by atoms with Crippen LogP contribution in [0.25, 0.3) is 5.65 Å². The van der Waals surface area contributed by atoms with Gasteiger partial charge in [-0.3, -0.25) is 4.40 Å². The number of hydrogen-bond donors (Lipinski definition) is 1. The van der Waals surface area contributed by atoms with Gasteiger partial charge in [-0.15, -0.1) is 0 Å². The normalized spacial score (nSPS) is 10.8. The Labute approximate surface area is 111 Å². The number of rotatable bonds is 2. The van der Waals surface area contributed by atoms with E-state index >= 15 is 0 Å². The Balaban J connectivity index is 2.06. The van der Waals surface area contributed by atoms with Crippen LogP contribution in [0.15, 0.2) is 42.7 Å². The predicted molar refractivity (Wildman–Crippen MR) is 75.6 cm³/mol. The molecule has 0 fully saturated rings. The number of nitrogen functional groups attached to an aromatic ring is 1. The minimum atomic E-state index is 0.723. The molecule has 0 saturated heterocycles. The molecule has 19 heavy (non-hydrogen) atoms. The zero-order valence-electron chi connectivity index (χ0n) is 10.9. The van der Waals surface area contributed by atoms with Gasteiger partial charge in [0.2, 0.25) is 5.88 Å². The minimum Gasteiger partial charge on any atom is -0.440 e. The number of imidazole rings is 1. The Morgan fingerprint density at radius 2 is 2.00 bits per heavy atom. The van der Waals surface area contributed by atoms with Gasteiger partial charge in [-0.1, -0.05) is 12.1 Å². The van der Waals surface area contributed by atoms with E-state index in [9.17, 15) is 0 Å². The van der Waals surface area contributed by atoms with Gasteiger partial charge in [0.15, 0.2) is 0 Å². The molecule has 2 aromatic heterocycles. The molecule has 0 aliphatic carbocycles. The number of anilines is 1. The average Bonchev–Trinajstić information content (AvgIpc) is 2.85. The number of fused-ring (bicyclic) bond motifs is 1. The van der Waals surface area contributed by atoms with E-state index in [0.717, 1.165) is 34.1 Å². The molecule has 0 atom stereocenters. The number of hydrogen-bond acceptors (Lipinski definition) is 3. The summed E-state index contributed by atoms with van der Waals surface area (Å²) in [6.07, 6.45) is 3.62. The number of nitrogens with two attached hydrogens (primary N) is 1. The summed E-state index contributed by atoms with van der Waals surface area (Å²) in [5.74, 6) is 1.49. The Morgan fingerprint density at radius 1 is 1.16 bits per heavy atom. The molecular formula is C15H15N3O. The van der Waals surface area contributed by atoms with Gasteiger partial charge >= 0.3 is 0 Å². The van der Waals surface area contributed by atoms with Crippen molar-refractivity contribution in [2.24, 2.45) is 0 Å². The molecule has 0 aliphatic rings. The van der Waals surface area contributed by atoms with Crippen LogP contribution in [-0.4, -0.2) is 9.38 Å². The molecule has 4 heteroatoms. The summed E-state index contributed by atoms with van der Waals surface area (Å²) in [5, 5.41) is 0. The van der Waals surface area contributed by atoms with E-state index in [1.165, 1.54) is 0 Å². The molecule has 0 radical (unpaired) electrons. The SMILES string of the molecule is Cc1cc(C)c(Oc2cccc3nccn23)cc1N. The first kappa shape index (κ1) is 11.6. The van der Waals surface area contributed by atoms with E-state index in [1.807, 2.05) is 54.8 Å². The van der Waals surface area contributed by atoms with E-state index in [-0.39, 0.29) is 0 Å². The third kappa shape index (κ3) is 2.01. The summed E-state index contributed by atoms with van der Waals surface area (Å²) in [6.45, 7) is 4.00. The number of aromatic nitrogens is 2. The number of aryl methyl sites for hydroxylation is 2. The maximum atomic E-state index is 5.96. The largest absolute Gasteiger partial charge is 0.440 e. The van der Waals surface area contributed by atoms with Crippen molar-refractivity contribution in [3.8, 4) is 11.6 Å². The van der Waals surface area contributed by atoms with E-state index < -0.39 is 0 Å². The zero-order valence-corrected chi connectivity index (χ0v) is 10.9. The number of pyridine rings is 1. The lowest BCUT2D eigenvalue weighted by atomic mass is 10.1. The van der Waals surface area contributed by atoms with Gasteiger partial charge in [0.1, 0.15) is 11.4 Å². The van der Waals surface area contributed by atoms with Crippen molar-refractivity contribution in [1.82, 2.24) is 9.38 Å². The first-order chi connectivity index (χ1) is 9.15. The molecule has 3 rings (SSSR count). The molecule has 2 heterocycles. The Bertz CT molecular complexity index is 746. The summed E-state index contributed by atoms with van der Waals surface area (Å²) >= 11 is 0. The Morgan fingerprint density at radius 3 is 2.84 bits per heavy atom. The first-order valence-corrected chi connectivity index (χ1v) is 6.12. The van der Waals surface area contributed by atoms with Gasteiger partial charge in [-0.25, -0.2) is 4.98 Å². The summed E-state index contributed by atoms with van der Waals surface area (Å²) in [7, 11) is 0. The highest BCUT2D eigenvalue weighted by molar-refractivity contribution is 5.55. The van der Waals surface area contributed by atoms with Crippen molar-refractivity contribution in [3.05, 3.63) is 53.9 Å². The summed E-state index contributed by atoms with van der Waals surface area (Å²) in [6, 6.07) is 9.65. The smallest absolute Gasteiger partial charge is 0.205 e. The van der Waals surface area contributed by atoms with Gasteiger partial charge in [-0.2, -0.15) is 0 Å². The fourth-order valence-electron chi connectivity index (χ4n) is 2.08. The number of nitrogens with zero attached hydrogens (tertiary/aromatic N) is 2. The molecular weight excluding hydrogens is 238 g/mol. The highest BCUT2D eigenvalue weighted by atomic mass is 16.5. The van der Waals surface area contributed by atoms with Crippen molar-refractivity contribution < 1.29 is 4.74 Å². The average molecular weight is 253 g/mol. The number of ether oxygens (including phenoxy) is 1. The lowest BCUT2D eigenvalue weighted by molar-refractivity contribution is 0.453. The monoisotopic (exact) mass is 253 g/mol. The lowest BCUT2D eigenvalue weighted by Gasteiger charge is -2.12. The molecule has 0 aliphatic heterocycles. The van der Waals surface area contributed by atoms with E-state index in [4.69, 9.17) is 10.5 Å². The highest BCUT2D eigenvalue weighted by Crippen LogP contribution is 2.29. The molecule has 0 saturated carbocycles. The maximum Gasteiger partial charge on any atom is 0.205 e. The Hall–Kier alpha value is -2.49. The van der Waals surface area contributed by atoms with Crippen LogP contribution < -0.4 is 10.5 Å². The van der Waals surface area contributed by atoms with Crippen LogP contribution in [-0.2, 0) is 0 Å². The van der Waals surface area contributed by atoms with Crippen molar-refractivity contribution in [2.45, 2.75) is 13.8 Å². The van der Waals surface area contributed by atoms with E-state index in [0.29, 0.717) is 0 Å². The van der Waals surface area contributed by atoms with Crippen LogP contribution in [0.4, 0.5) is 5.69 Å². The second kappa shape index (κ2) is 4.31. The van der Waals surface area contributed by atoms with Crippen LogP contribution in [0.2, 0.25) is 0 Å². The van der Waals surface area contributed by atoms with Crippen molar-refractivity contribution >= 4 is 11.3 Å². The molecule has 4 nitrogen and oxygen atoms in total. The lowest BCUT2D eigenvalue weighted by Crippen LogP contribution is -1.97.